The molecule has 0 aliphatic carbocycles. The molecule has 1 aromatic heterocycles. The summed E-state index contributed by atoms with van der Waals surface area (Å²) in [5.74, 6) is 0. The van der Waals surface area contributed by atoms with Gasteiger partial charge in [0.25, 0.3) is 0 Å². The Kier molecular flexibility index (Phi) is 3.32. The van der Waals surface area contributed by atoms with Crippen LogP contribution in [0.5, 0.6) is 0 Å². The van der Waals surface area contributed by atoms with Crippen molar-refractivity contribution in [1.29, 1.82) is 0 Å². The normalized spacial score (nSPS) is 10.0. The van der Waals surface area contributed by atoms with Gasteiger partial charge < -0.3 is 11.1 Å². The lowest BCUT2D eigenvalue weighted by atomic mass is 10.4. The summed E-state index contributed by atoms with van der Waals surface area (Å²) in [6, 6.07) is 0. The quantitative estimate of drug-likeness (QED) is 0.712. The molecule has 0 aromatic carbocycles. The van der Waals surface area contributed by atoms with Gasteiger partial charge in [-0.1, -0.05) is 6.92 Å². The third-order valence-corrected chi connectivity index (χ3v) is 2.18. The monoisotopic (exact) mass is 171 g/mol. The Labute approximate surface area is 70.6 Å². The first-order chi connectivity index (χ1) is 5.36. The maximum absolute atomic E-state index is 5.33. The van der Waals surface area contributed by atoms with Gasteiger partial charge in [0.1, 0.15) is 0 Å². The predicted molar refractivity (Wildman–Crippen MR) is 49.0 cm³/mol. The van der Waals surface area contributed by atoms with Crippen molar-refractivity contribution in [3.05, 3.63) is 11.1 Å². The van der Waals surface area contributed by atoms with Crippen molar-refractivity contribution in [1.82, 2.24) is 4.98 Å². The van der Waals surface area contributed by atoms with Crippen LogP contribution in [0.15, 0.2) is 5.38 Å². The summed E-state index contributed by atoms with van der Waals surface area (Å²) in [4.78, 5) is 4.32. The molecule has 11 heavy (non-hydrogen) atoms. The zero-order valence-electron chi connectivity index (χ0n) is 6.63. The summed E-state index contributed by atoms with van der Waals surface area (Å²) in [5.41, 5.74) is 6.48. The number of rotatable bonds is 4. The average molecular weight is 171 g/mol. The van der Waals surface area contributed by atoms with E-state index in [2.05, 4.69) is 22.6 Å². The Morgan fingerprint density at radius 2 is 2.55 bits per heavy atom. The number of aromatic nitrogens is 1. The third kappa shape index (κ3) is 2.48. The minimum absolute atomic E-state index is 0.654. The fourth-order valence-corrected chi connectivity index (χ4v) is 1.55. The highest BCUT2D eigenvalue weighted by Gasteiger charge is 1.96. The van der Waals surface area contributed by atoms with Gasteiger partial charge in [-0.15, -0.1) is 11.3 Å². The second-order valence-electron chi connectivity index (χ2n) is 2.21. The van der Waals surface area contributed by atoms with Crippen molar-refractivity contribution >= 4 is 16.5 Å². The molecule has 0 saturated carbocycles. The van der Waals surface area contributed by atoms with E-state index in [1.54, 1.807) is 11.3 Å². The Morgan fingerprint density at radius 3 is 3.09 bits per heavy atom. The van der Waals surface area contributed by atoms with Gasteiger partial charge in [-0.25, -0.2) is 4.98 Å². The second-order valence-corrected chi connectivity index (χ2v) is 3.07. The Morgan fingerprint density at radius 1 is 1.73 bits per heavy atom. The van der Waals surface area contributed by atoms with Crippen LogP contribution in [0.4, 0.5) is 5.13 Å². The van der Waals surface area contributed by atoms with Crippen molar-refractivity contribution in [2.45, 2.75) is 13.3 Å². The molecule has 0 aliphatic rings. The molecule has 4 heteroatoms. The van der Waals surface area contributed by atoms with Gasteiger partial charge in [0.05, 0.1) is 5.69 Å². The van der Waals surface area contributed by atoms with E-state index in [1.165, 1.54) is 0 Å². The van der Waals surface area contributed by atoms with Crippen LogP contribution in [0.25, 0.3) is 0 Å². The fraction of sp³-hybridized carbons (Fsp3) is 0.571. The maximum atomic E-state index is 5.33. The topological polar surface area (TPSA) is 50.9 Å². The van der Waals surface area contributed by atoms with Crippen LogP contribution in [0, 0.1) is 0 Å². The molecule has 3 nitrogen and oxygen atoms in total. The molecule has 1 aromatic rings. The zero-order chi connectivity index (χ0) is 8.10. The van der Waals surface area contributed by atoms with E-state index in [9.17, 15) is 0 Å². The number of anilines is 1. The Hall–Kier alpha value is -0.610. The first kappa shape index (κ1) is 8.49. The van der Waals surface area contributed by atoms with Crippen molar-refractivity contribution in [2.75, 3.05) is 18.4 Å². The number of hydrogen-bond donors (Lipinski definition) is 2. The van der Waals surface area contributed by atoms with Gasteiger partial charge in [-0.3, -0.25) is 0 Å². The van der Waals surface area contributed by atoms with Crippen LogP contribution >= 0.6 is 11.3 Å². The molecule has 0 amide bonds. The van der Waals surface area contributed by atoms with Crippen LogP contribution in [0.1, 0.15) is 12.6 Å². The molecule has 0 fully saturated rings. The number of nitrogens with two attached hydrogens (primary N) is 1. The maximum Gasteiger partial charge on any atom is 0.182 e. The summed E-state index contributed by atoms with van der Waals surface area (Å²) < 4.78 is 0. The molecule has 62 valence electrons. The van der Waals surface area contributed by atoms with Crippen LogP contribution in [-0.2, 0) is 6.42 Å². The molecular weight excluding hydrogens is 158 g/mol. The molecule has 1 heterocycles. The molecule has 0 spiro atoms. The van der Waals surface area contributed by atoms with Gasteiger partial charge >= 0.3 is 0 Å². The molecule has 0 atom stereocenters. The Balaban J connectivity index is 2.44. The second kappa shape index (κ2) is 4.31. The lowest BCUT2D eigenvalue weighted by molar-refractivity contribution is 1.00. The highest BCUT2D eigenvalue weighted by Crippen LogP contribution is 2.14. The molecule has 0 aliphatic heterocycles. The Bertz CT molecular complexity index is 209. The number of nitrogens with one attached hydrogen (secondary N) is 1. The highest BCUT2D eigenvalue weighted by molar-refractivity contribution is 7.13. The molecule has 0 saturated heterocycles. The molecule has 0 bridgehead atoms. The number of nitrogens with zero attached hydrogens (tertiary/aromatic N) is 1. The van der Waals surface area contributed by atoms with Gasteiger partial charge in [0.2, 0.25) is 0 Å². The lowest BCUT2D eigenvalue weighted by Crippen LogP contribution is -2.12. The summed E-state index contributed by atoms with van der Waals surface area (Å²) in [5, 5.41) is 6.18. The minimum atomic E-state index is 0.654. The van der Waals surface area contributed by atoms with E-state index in [4.69, 9.17) is 5.73 Å². The highest BCUT2D eigenvalue weighted by atomic mass is 32.1. The van der Waals surface area contributed by atoms with Gasteiger partial charge in [-0.2, -0.15) is 0 Å². The van der Waals surface area contributed by atoms with Crippen molar-refractivity contribution in [3.63, 3.8) is 0 Å². The fourth-order valence-electron chi connectivity index (χ4n) is 0.730. The van der Waals surface area contributed by atoms with Crippen molar-refractivity contribution < 1.29 is 0 Å². The predicted octanol–water partition coefficient (Wildman–Crippen LogP) is 1.08. The summed E-state index contributed by atoms with van der Waals surface area (Å²) in [6.07, 6.45) is 1.00. The first-order valence-electron chi connectivity index (χ1n) is 3.75. The van der Waals surface area contributed by atoms with Crippen LogP contribution in [0.2, 0.25) is 0 Å². The number of thiazole rings is 1. The summed E-state index contributed by atoms with van der Waals surface area (Å²) in [7, 11) is 0. The smallest absolute Gasteiger partial charge is 0.182 e. The van der Waals surface area contributed by atoms with Gasteiger partial charge in [0.15, 0.2) is 5.13 Å². The van der Waals surface area contributed by atoms with Crippen LogP contribution < -0.4 is 11.1 Å². The summed E-state index contributed by atoms with van der Waals surface area (Å²) in [6.45, 7) is 3.56. The van der Waals surface area contributed by atoms with E-state index in [0.29, 0.717) is 6.54 Å². The molecular formula is C7H13N3S. The lowest BCUT2D eigenvalue weighted by Gasteiger charge is -1.96. The van der Waals surface area contributed by atoms with Crippen molar-refractivity contribution in [2.24, 2.45) is 5.73 Å². The molecule has 3 N–H and O–H groups in total. The standard InChI is InChI=1S/C7H13N3S/c1-2-6-5-11-7(10-6)9-4-3-8/h5H,2-4,8H2,1H3,(H,9,10). The van der Waals surface area contributed by atoms with E-state index in [0.717, 1.165) is 23.8 Å². The van der Waals surface area contributed by atoms with Crippen LogP contribution in [0.3, 0.4) is 0 Å². The third-order valence-electron chi connectivity index (χ3n) is 1.33. The molecule has 0 radical (unpaired) electrons. The van der Waals surface area contributed by atoms with E-state index in [-0.39, 0.29) is 0 Å². The number of aryl methyl sites for hydroxylation is 1. The van der Waals surface area contributed by atoms with E-state index in [1.807, 2.05) is 0 Å². The van der Waals surface area contributed by atoms with E-state index >= 15 is 0 Å². The largest absolute Gasteiger partial charge is 0.360 e. The zero-order valence-corrected chi connectivity index (χ0v) is 7.45. The van der Waals surface area contributed by atoms with E-state index < -0.39 is 0 Å². The number of hydrogen-bond acceptors (Lipinski definition) is 4. The van der Waals surface area contributed by atoms with Gasteiger partial charge in [-0.05, 0) is 6.42 Å². The average Bonchev–Trinajstić information content (AvgIpc) is 2.48. The molecule has 1 rings (SSSR count). The van der Waals surface area contributed by atoms with Gasteiger partial charge in [0, 0.05) is 18.5 Å². The van der Waals surface area contributed by atoms with Crippen LogP contribution in [-0.4, -0.2) is 18.1 Å². The minimum Gasteiger partial charge on any atom is -0.360 e. The first-order valence-corrected chi connectivity index (χ1v) is 4.63. The molecule has 0 unspecified atom stereocenters. The SMILES string of the molecule is CCc1csc(NCCN)n1. The van der Waals surface area contributed by atoms with Crippen molar-refractivity contribution in [3.8, 4) is 0 Å². The summed E-state index contributed by atoms with van der Waals surface area (Å²) >= 11 is 1.64.